The minimum Gasteiger partial charge on any atom is -0.400 e. The first-order valence-corrected chi connectivity index (χ1v) is 6.07. The Hall–Kier alpha value is -1.79. The molecular formula is C13H19N2O4+. The summed E-state index contributed by atoms with van der Waals surface area (Å²) in [6.07, 6.45) is 0.374. The average Bonchev–Trinajstić information content (AvgIpc) is 2.51. The first-order chi connectivity index (χ1) is 9.29. The quantitative estimate of drug-likeness (QED) is 0.749. The van der Waals surface area contributed by atoms with E-state index in [0.717, 1.165) is 12.7 Å². The fraction of sp³-hybridized carbons (Fsp3) is 0.462. The summed E-state index contributed by atoms with van der Waals surface area (Å²) in [7, 11) is 1.00. The van der Waals surface area contributed by atoms with Crippen LogP contribution < -0.4 is 5.18 Å². The molecule has 6 nitrogen and oxygen atoms in total. The van der Waals surface area contributed by atoms with Crippen LogP contribution in [0.1, 0.15) is 5.56 Å². The number of aliphatic hydroxyl groups is 1. The number of nitroso groups, excluding NO2 is 1. The van der Waals surface area contributed by atoms with Crippen molar-refractivity contribution in [3.05, 3.63) is 34.7 Å². The van der Waals surface area contributed by atoms with Crippen LogP contribution in [0.2, 0.25) is 0 Å². The second kappa shape index (κ2) is 8.34. The zero-order valence-electron chi connectivity index (χ0n) is 11.0. The Balaban J connectivity index is 0.000000861. The number of carbonyl (C=O) groups excluding carboxylic acids is 1. The summed E-state index contributed by atoms with van der Waals surface area (Å²) in [5.74, 6) is 0.108. The van der Waals surface area contributed by atoms with E-state index < -0.39 is 0 Å². The Morgan fingerprint density at radius 2 is 1.84 bits per heavy atom. The standard InChI is InChI=1S/C12H14N2O3.CH4O/c15-12(14-5-7-17-8-6-14)9-10-1-3-11(13-16)4-2-10;1-2/h1-4H,5-9H2;2H,1H3/p+1. The third kappa shape index (κ3) is 4.76. The van der Waals surface area contributed by atoms with Gasteiger partial charge in [-0.05, 0) is 5.56 Å². The number of hydrogen-bond acceptors (Lipinski definition) is 4. The summed E-state index contributed by atoms with van der Waals surface area (Å²) in [6.45, 7) is 2.56. The maximum atomic E-state index is 11.9. The second-order valence-electron chi connectivity index (χ2n) is 3.97. The molecule has 0 saturated carbocycles. The van der Waals surface area contributed by atoms with Gasteiger partial charge in [-0.1, -0.05) is 12.1 Å². The lowest BCUT2D eigenvalue weighted by Crippen LogP contribution is -2.55. The zero-order valence-corrected chi connectivity index (χ0v) is 11.0. The van der Waals surface area contributed by atoms with Crippen LogP contribution in [0, 0.1) is 4.91 Å². The molecule has 0 unspecified atom stereocenters. The zero-order chi connectivity index (χ0) is 14.1. The number of aliphatic hydroxyl groups excluding tert-OH is 1. The number of morpholine rings is 1. The fourth-order valence-electron chi connectivity index (χ4n) is 1.79. The summed E-state index contributed by atoms with van der Waals surface area (Å²) in [4.78, 5) is 24.1. The van der Waals surface area contributed by atoms with Crippen molar-refractivity contribution in [2.75, 3.05) is 33.4 Å². The Labute approximate surface area is 112 Å². The Kier molecular flexibility index (Phi) is 6.70. The van der Waals surface area contributed by atoms with Gasteiger partial charge >= 0.3 is 0 Å². The van der Waals surface area contributed by atoms with Gasteiger partial charge in [0.05, 0.1) is 19.6 Å². The van der Waals surface area contributed by atoms with Gasteiger partial charge in [0.25, 0.3) is 5.69 Å². The molecular weight excluding hydrogens is 248 g/mol. The first-order valence-electron chi connectivity index (χ1n) is 6.07. The highest BCUT2D eigenvalue weighted by atomic mass is 16.5. The molecule has 1 aromatic carbocycles. The predicted octanol–water partition coefficient (Wildman–Crippen LogP) is -0.825. The summed E-state index contributed by atoms with van der Waals surface area (Å²) in [5.41, 5.74) is 1.42. The predicted molar refractivity (Wildman–Crippen MR) is 69.7 cm³/mol. The molecule has 104 valence electrons. The SMILES string of the molecule is CO.O=[NH+]c1ccc(CC(=O)N2CCOCC2)cc1. The van der Waals surface area contributed by atoms with Crippen molar-refractivity contribution in [3.8, 4) is 0 Å². The van der Waals surface area contributed by atoms with Crippen LogP contribution in [0.15, 0.2) is 24.3 Å². The summed E-state index contributed by atoms with van der Waals surface area (Å²) >= 11 is 0. The van der Waals surface area contributed by atoms with Crippen molar-refractivity contribution < 1.29 is 19.8 Å². The Morgan fingerprint density at radius 3 is 2.37 bits per heavy atom. The van der Waals surface area contributed by atoms with Crippen LogP contribution in [-0.2, 0) is 16.0 Å². The molecule has 1 saturated heterocycles. The Bertz CT molecular complexity index is 400. The van der Waals surface area contributed by atoms with Crippen molar-refractivity contribution in [2.24, 2.45) is 0 Å². The molecule has 0 spiro atoms. The van der Waals surface area contributed by atoms with Crippen LogP contribution in [0.5, 0.6) is 0 Å². The second-order valence-corrected chi connectivity index (χ2v) is 3.97. The number of nitrogens with zero attached hydrogens (tertiary/aromatic N) is 1. The highest BCUT2D eigenvalue weighted by Crippen LogP contribution is 2.07. The van der Waals surface area contributed by atoms with E-state index in [1.54, 1.807) is 24.3 Å². The van der Waals surface area contributed by atoms with Gasteiger partial charge < -0.3 is 14.7 Å². The van der Waals surface area contributed by atoms with Gasteiger partial charge in [-0.2, -0.15) is 0 Å². The number of benzene rings is 1. The van der Waals surface area contributed by atoms with Gasteiger partial charge in [-0.3, -0.25) is 4.79 Å². The molecule has 1 aliphatic heterocycles. The van der Waals surface area contributed by atoms with Gasteiger partial charge in [-0.15, -0.1) is 0 Å². The van der Waals surface area contributed by atoms with E-state index in [4.69, 9.17) is 9.84 Å². The maximum absolute atomic E-state index is 11.9. The minimum atomic E-state index is 0.108. The van der Waals surface area contributed by atoms with Crippen LogP contribution in [0.3, 0.4) is 0 Å². The third-order valence-corrected chi connectivity index (χ3v) is 2.79. The molecule has 2 N–H and O–H groups in total. The minimum absolute atomic E-state index is 0.108. The van der Waals surface area contributed by atoms with Crippen molar-refractivity contribution >= 4 is 11.6 Å². The molecule has 0 aromatic heterocycles. The van der Waals surface area contributed by atoms with Gasteiger partial charge in [0, 0.05) is 42.4 Å². The topological polar surface area (TPSA) is 80.8 Å². The van der Waals surface area contributed by atoms with Gasteiger partial charge in [-0.25, -0.2) is 0 Å². The lowest BCUT2D eigenvalue weighted by atomic mass is 10.1. The average molecular weight is 267 g/mol. The lowest BCUT2D eigenvalue weighted by molar-refractivity contribution is -0.379. The molecule has 1 aliphatic rings. The van der Waals surface area contributed by atoms with E-state index in [-0.39, 0.29) is 5.91 Å². The molecule has 0 radical (unpaired) electrons. The number of amides is 1. The molecule has 6 heteroatoms. The molecule has 1 fully saturated rings. The van der Waals surface area contributed by atoms with Gasteiger partial charge in [0.2, 0.25) is 5.91 Å². The van der Waals surface area contributed by atoms with Crippen molar-refractivity contribution in [1.29, 1.82) is 0 Å². The van der Waals surface area contributed by atoms with Gasteiger partial charge in [0.1, 0.15) is 0 Å². The Morgan fingerprint density at radius 1 is 1.26 bits per heavy atom. The molecule has 0 bridgehead atoms. The first kappa shape index (κ1) is 15.3. The summed E-state index contributed by atoms with van der Waals surface area (Å²) < 4.78 is 5.19. The van der Waals surface area contributed by atoms with Gasteiger partial charge in [0.15, 0.2) is 0 Å². The molecule has 19 heavy (non-hydrogen) atoms. The van der Waals surface area contributed by atoms with Crippen LogP contribution in [0.25, 0.3) is 0 Å². The lowest BCUT2D eigenvalue weighted by Gasteiger charge is -2.26. The number of rotatable bonds is 3. The number of ether oxygens (including phenoxy) is 1. The van der Waals surface area contributed by atoms with Crippen molar-refractivity contribution in [2.45, 2.75) is 6.42 Å². The van der Waals surface area contributed by atoms with E-state index in [0.29, 0.717) is 38.4 Å². The highest BCUT2D eigenvalue weighted by Gasteiger charge is 2.16. The van der Waals surface area contributed by atoms with E-state index in [2.05, 4.69) is 0 Å². The third-order valence-electron chi connectivity index (χ3n) is 2.79. The monoisotopic (exact) mass is 267 g/mol. The largest absolute Gasteiger partial charge is 0.400 e. The van der Waals surface area contributed by atoms with E-state index >= 15 is 0 Å². The van der Waals surface area contributed by atoms with E-state index in [1.165, 1.54) is 0 Å². The normalized spacial score (nSPS) is 14.3. The molecule has 1 amide bonds. The molecule has 0 aliphatic carbocycles. The number of carbonyl (C=O) groups is 1. The number of hydrogen-bond donors (Lipinski definition) is 2. The maximum Gasteiger partial charge on any atom is 0.253 e. The fourth-order valence-corrected chi connectivity index (χ4v) is 1.79. The van der Waals surface area contributed by atoms with E-state index in [1.807, 2.05) is 10.1 Å². The molecule has 1 heterocycles. The van der Waals surface area contributed by atoms with Crippen molar-refractivity contribution in [3.63, 3.8) is 0 Å². The molecule has 1 aromatic rings. The summed E-state index contributed by atoms with van der Waals surface area (Å²) in [5, 5.41) is 8.81. The van der Waals surface area contributed by atoms with E-state index in [9.17, 15) is 9.70 Å². The summed E-state index contributed by atoms with van der Waals surface area (Å²) in [6, 6.07) is 6.93. The smallest absolute Gasteiger partial charge is 0.253 e. The van der Waals surface area contributed by atoms with Crippen LogP contribution in [-0.4, -0.2) is 49.3 Å². The van der Waals surface area contributed by atoms with Crippen molar-refractivity contribution in [1.82, 2.24) is 4.90 Å². The highest BCUT2D eigenvalue weighted by molar-refractivity contribution is 5.78. The number of nitrogens with one attached hydrogen (secondary N) is 1. The van der Waals surface area contributed by atoms with Crippen LogP contribution >= 0.6 is 0 Å². The molecule has 0 atom stereocenters. The van der Waals surface area contributed by atoms with Crippen LogP contribution in [0.4, 0.5) is 5.69 Å². The molecule has 2 rings (SSSR count).